The van der Waals surface area contributed by atoms with E-state index in [0.29, 0.717) is 5.56 Å². The minimum absolute atomic E-state index is 0.0262. The Labute approximate surface area is 152 Å². The highest BCUT2D eigenvalue weighted by molar-refractivity contribution is 5.94. The number of aromatic nitrogens is 3. The third-order valence-electron chi connectivity index (χ3n) is 4.67. The second-order valence-electron chi connectivity index (χ2n) is 6.57. The zero-order valence-electron chi connectivity index (χ0n) is 14.5. The quantitative estimate of drug-likeness (QED) is 0.769. The molecule has 6 nitrogen and oxygen atoms in total. The largest absolute Gasteiger partial charge is 0.348 e. The van der Waals surface area contributed by atoms with Crippen LogP contribution in [0.5, 0.6) is 0 Å². The molecular formula is C20H21N5O. The molecule has 1 aromatic heterocycles. The van der Waals surface area contributed by atoms with E-state index in [1.54, 1.807) is 11.0 Å². The standard InChI is InChI=1S/C20H21N5O/c26-20(17-6-8-19(9-7-17)25-15-21-14-22-25)23-18-10-11-24(13-18)12-16-4-2-1-3-5-16/h1-9,14-15,18H,10-13H2,(H,23,26). The Balaban J connectivity index is 1.32. The van der Waals surface area contributed by atoms with E-state index in [2.05, 4.69) is 44.6 Å². The fourth-order valence-electron chi connectivity index (χ4n) is 3.31. The van der Waals surface area contributed by atoms with Crippen molar-refractivity contribution in [3.63, 3.8) is 0 Å². The average Bonchev–Trinajstić information content (AvgIpc) is 3.35. The first kappa shape index (κ1) is 16.5. The predicted octanol–water partition coefficient (Wildman–Crippen LogP) is 2.27. The lowest BCUT2D eigenvalue weighted by Crippen LogP contribution is -2.37. The molecular weight excluding hydrogens is 326 g/mol. The molecule has 1 unspecified atom stereocenters. The van der Waals surface area contributed by atoms with E-state index in [1.807, 2.05) is 30.3 Å². The smallest absolute Gasteiger partial charge is 0.251 e. The number of hydrogen-bond donors (Lipinski definition) is 1. The minimum Gasteiger partial charge on any atom is -0.348 e. The molecule has 132 valence electrons. The summed E-state index contributed by atoms with van der Waals surface area (Å²) in [6.45, 7) is 2.82. The molecule has 2 heterocycles. The van der Waals surface area contributed by atoms with E-state index in [4.69, 9.17) is 0 Å². The van der Waals surface area contributed by atoms with E-state index >= 15 is 0 Å². The molecule has 1 atom stereocenters. The van der Waals surface area contributed by atoms with Crippen molar-refractivity contribution in [2.75, 3.05) is 13.1 Å². The van der Waals surface area contributed by atoms with Gasteiger partial charge in [-0.15, -0.1) is 0 Å². The van der Waals surface area contributed by atoms with Gasteiger partial charge in [-0.1, -0.05) is 30.3 Å². The fourth-order valence-corrected chi connectivity index (χ4v) is 3.31. The Bertz CT molecular complexity index is 846. The van der Waals surface area contributed by atoms with Crippen LogP contribution in [0.25, 0.3) is 5.69 Å². The summed E-state index contributed by atoms with van der Waals surface area (Å²) in [4.78, 5) is 18.8. The van der Waals surface area contributed by atoms with Gasteiger partial charge in [-0.25, -0.2) is 9.67 Å². The van der Waals surface area contributed by atoms with Crippen molar-refractivity contribution in [2.24, 2.45) is 0 Å². The van der Waals surface area contributed by atoms with Gasteiger partial charge in [0.1, 0.15) is 12.7 Å². The summed E-state index contributed by atoms with van der Waals surface area (Å²) in [6.07, 6.45) is 4.10. The van der Waals surface area contributed by atoms with Gasteiger partial charge >= 0.3 is 0 Å². The molecule has 1 aliphatic heterocycles. The highest BCUT2D eigenvalue weighted by atomic mass is 16.1. The highest BCUT2D eigenvalue weighted by Crippen LogP contribution is 2.14. The van der Waals surface area contributed by atoms with E-state index in [1.165, 1.54) is 11.9 Å². The molecule has 1 amide bonds. The molecule has 4 rings (SSSR count). The molecule has 0 aliphatic carbocycles. The van der Waals surface area contributed by atoms with Crippen LogP contribution in [-0.2, 0) is 6.54 Å². The van der Waals surface area contributed by atoms with Gasteiger partial charge < -0.3 is 5.32 Å². The second-order valence-corrected chi connectivity index (χ2v) is 6.57. The lowest BCUT2D eigenvalue weighted by molar-refractivity contribution is 0.0937. The molecule has 1 N–H and O–H groups in total. The Morgan fingerprint density at radius 1 is 1.12 bits per heavy atom. The number of hydrogen-bond acceptors (Lipinski definition) is 4. The monoisotopic (exact) mass is 347 g/mol. The van der Waals surface area contributed by atoms with E-state index < -0.39 is 0 Å². The van der Waals surface area contributed by atoms with E-state index in [9.17, 15) is 4.79 Å². The molecule has 2 aromatic carbocycles. The zero-order valence-corrected chi connectivity index (χ0v) is 14.5. The van der Waals surface area contributed by atoms with Crippen molar-refractivity contribution in [3.05, 3.63) is 78.4 Å². The molecule has 3 aromatic rings. The first-order chi connectivity index (χ1) is 12.8. The van der Waals surface area contributed by atoms with Crippen molar-refractivity contribution in [2.45, 2.75) is 19.0 Å². The lowest BCUT2D eigenvalue weighted by Gasteiger charge is -2.17. The summed E-state index contributed by atoms with van der Waals surface area (Å²) < 4.78 is 1.67. The molecule has 0 spiro atoms. The summed E-state index contributed by atoms with van der Waals surface area (Å²) in [5, 5.41) is 7.24. The number of carbonyl (C=O) groups is 1. The van der Waals surface area contributed by atoms with Crippen LogP contribution >= 0.6 is 0 Å². The molecule has 1 fully saturated rings. The summed E-state index contributed by atoms with van der Waals surface area (Å²) in [5.74, 6) is -0.0262. The van der Waals surface area contributed by atoms with E-state index in [-0.39, 0.29) is 11.9 Å². The number of carbonyl (C=O) groups excluding carboxylic acids is 1. The van der Waals surface area contributed by atoms with Gasteiger partial charge in [-0.2, -0.15) is 5.10 Å². The van der Waals surface area contributed by atoms with Gasteiger partial charge in [-0.05, 0) is 36.2 Å². The minimum atomic E-state index is -0.0262. The average molecular weight is 347 g/mol. The summed E-state index contributed by atoms with van der Waals surface area (Å²) in [5.41, 5.74) is 2.85. The number of nitrogens with one attached hydrogen (secondary N) is 1. The Kier molecular flexibility index (Phi) is 4.75. The third-order valence-corrected chi connectivity index (χ3v) is 4.67. The van der Waals surface area contributed by atoms with Crippen LogP contribution in [-0.4, -0.2) is 44.7 Å². The summed E-state index contributed by atoms with van der Waals surface area (Å²) >= 11 is 0. The van der Waals surface area contributed by atoms with Gasteiger partial charge in [0.15, 0.2) is 0 Å². The van der Waals surface area contributed by atoms with Gasteiger partial charge in [0, 0.05) is 31.2 Å². The number of rotatable bonds is 5. The predicted molar refractivity (Wildman–Crippen MR) is 98.9 cm³/mol. The molecule has 0 saturated carbocycles. The summed E-state index contributed by atoms with van der Waals surface area (Å²) in [6, 6.07) is 18.0. The third kappa shape index (κ3) is 3.81. The number of amides is 1. The van der Waals surface area contributed by atoms with Crippen LogP contribution in [0.1, 0.15) is 22.3 Å². The molecule has 26 heavy (non-hydrogen) atoms. The zero-order chi connectivity index (χ0) is 17.8. The van der Waals surface area contributed by atoms with Crippen LogP contribution in [0.15, 0.2) is 67.3 Å². The van der Waals surface area contributed by atoms with Gasteiger partial charge in [0.25, 0.3) is 5.91 Å². The maximum absolute atomic E-state index is 12.5. The van der Waals surface area contributed by atoms with Crippen molar-refractivity contribution >= 4 is 5.91 Å². The van der Waals surface area contributed by atoms with E-state index in [0.717, 1.165) is 31.7 Å². The van der Waals surface area contributed by atoms with Gasteiger partial charge in [0.05, 0.1) is 5.69 Å². The van der Waals surface area contributed by atoms with Crippen molar-refractivity contribution < 1.29 is 4.79 Å². The van der Waals surface area contributed by atoms with Gasteiger partial charge in [0.2, 0.25) is 0 Å². The molecule has 1 saturated heterocycles. The highest BCUT2D eigenvalue weighted by Gasteiger charge is 2.24. The SMILES string of the molecule is O=C(NC1CCN(Cc2ccccc2)C1)c1ccc(-n2cncn2)cc1. The maximum atomic E-state index is 12.5. The van der Waals surface area contributed by atoms with Crippen molar-refractivity contribution in [1.82, 2.24) is 25.0 Å². The Morgan fingerprint density at radius 3 is 2.65 bits per heavy atom. The van der Waals surface area contributed by atoms with Crippen LogP contribution < -0.4 is 5.32 Å². The Morgan fingerprint density at radius 2 is 1.92 bits per heavy atom. The molecule has 1 aliphatic rings. The van der Waals surface area contributed by atoms with Crippen LogP contribution in [0, 0.1) is 0 Å². The maximum Gasteiger partial charge on any atom is 0.251 e. The normalized spacial score (nSPS) is 17.3. The summed E-state index contributed by atoms with van der Waals surface area (Å²) in [7, 11) is 0. The lowest BCUT2D eigenvalue weighted by atomic mass is 10.1. The van der Waals surface area contributed by atoms with Crippen molar-refractivity contribution in [3.8, 4) is 5.69 Å². The van der Waals surface area contributed by atoms with Crippen LogP contribution in [0.2, 0.25) is 0 Å². The molecule has 0 bridgehead atoms. The van der Waals surface area contributed by atoms with Crippen molar-refractivity contribution in [1.29, 1.82) is 0 Å². The topological polar surface area (TPSA) is 63.1 Å². The van der Waals surface area contributed by atoms with Crippen LogP contribution in [0.4, 0.5) is 0 Å². The number of nitrogens with zero attached hydrogens (tertiary/aromatic N) is 4. The molecule has 6 heteroatoms. The van der Waals surface area contributed by atoms with Gasteiger partial charge in [-0.3, -0.25) is 9.69 Å². The first-order valence-corrected chi connectivity index (χ1v) is 8.80. The number of benzene rings is 2. The van der Waals surface area contributed by atoms with Crippen LogP contribution in [0.3, 0.4) is 0 Å². The second kappa shape index (κ2) is 7.49. The first-order valence-electron chi connectivity index (χ1n) is 8.80. The fraction of sp³-hybridized carbons (Fsp3) is 0.250. The Hall–Kier alpha value is -2.99. The number of likely N-dealkylation sites (tertiary alicyclic amines) is 1. The molecule has 0 radical (unpaired) electrons.